The van der Waals surface area contributed by atoms with Crippen LogP contribution in [0.2, 0.25) is 0 Å². The molecular formula is C12H14N4O3. The van der Waals surface area contributed by atoms with Crippen LogP contribution in [0, 0.1) is 0 Å². The van der Waals surface area contributed by atoms with Crippen LogP contribution in [-0.4, -0.2) is 50.6 Å². The lowest BCUT2D eigenvalue weighted by Crippen LogP contribution is -2.58. The summed E-state index contributed by atoms with van der Waals surface area (Å²) in [7, 11) is 0. The van der Waals surface area contributed by atoms with Gasteiger partial charge in [0.05, 0.1) is 17.3 Å². The highest BCUT2D eigenvalue weighted by molar-refractivity contribution is 5.96. The largest absolute Gasteiger partial charge is 0.372 e. The number of hydrogen-bond donors (Lipinski definition) is 2. The van der Waals surface area contributed by atoms with Gasteiger partial charge in [0, 0.05) is 25.6 Å². The van der Waals surface area contributed by atoms with Gasteiger partial charge in [0.25, 0.3) is 5.91 Å². The van der Waals surface area contributed by atoms with Gasteiger partial charge in [0.15, 0.2) is 0 Å². The summed E-state index contributed by atoms with van der Waals surface area (Å²) < 4.78 is 0. The molecule has 0 radical (unpaired) electrons. The van der Waals surface area contributed by atoms with E-state index in [4.69, 9.17) is 0 Å². The number of aliphatic hydroxyl groups excluding tert-OH is 1. The number of piperidine rings is 1. The minimum atomic E-state index is -1.00. The first-order chi connectivity index (χ1) is 9.16. The average molecular weight is 262 g/mol. The third kappa shape index (κ3) is 2.06. The second kappa shape index (κ2) is 4.58. The molecule has 2 aliphatic heterocycles. The molecular weight excluding hydrogens is 248 g/mol. The number of fused-ring (bicyclic) bond motifs is 1. The van der Waals surface area contributed by atoms with Gasteiger partial charge in [0.1, 0.15) is 12.6 Å². The fourth-order valence-corrected chi connectivity index (χ4v) is 2.63. The molecule has 0 bridgehead atoms. The van der Waals surface area contributed by atoms with Crippen molar-refractivity contribution in [1.82, 2.24) is 20.2 Å². The summed E-state index contributed by atoms with van der Waals surface area (Å²) >= 11 is 0. The molecule has 0 aliphatic carbocycles. The maximum Gasteiger partial charge on any atom is 0.257 e. The highest BCUT2D eigenvalue weighted by Crippen LogP contribution is 2.23. The lowest BCUT2D eigenvalue weighted by atomic mass is 9.98. The molecule has 1 fully saturated rings. The molecule has 7 heteroatoms. The van der Waals surface area contributed by atoms with Crippen molar-refractivity contribution >= 4 is 11.8 Å². The zero-order chi connectivity index (χ0) is 13.4. The number of amides is 2. The second-order valence-corrected chi connectivity index (χ2v) is 4.75. The number of nitrogens with one attached hydrogen (secondary N) is 1. The summed E-state index contributed by atoms with van der Waals surface area (Å²) in [6.45, 7) is 0.500. The maximum absolute atomic E-state index is 12.4. The van der Waals surface area contributed by atoms with Crippen LogP contribution in [-0.2, 0) is 11.2 Å². The van der Waals surface area contributed by atoms with Crippen molar-refractivity contribution in [2.45, 2.75) is 31.5 Å². The molecule has 2 N–H and O–H groups in total. The Labute approximate surface area is 109 Å². The van der Waals surface area contributed by atoms with Crippen LogP contribution in [0.5, 0.6) is 0 Å². The third-order valence-corrected chi connectivity index (χ3v) is 3.62. The van der Waals surface area contributed by atoms with E-state index in [0.717, 1.165) is 5.69 Å². The number of carbonyl (C=O) groups excluding carboxylic acids is 2. The molecule has 3 heterocycles. The first kappa shape index (κ1) is 12.0. The van der Waals surface area contributed by atoms with E-state index in [2.05, 4.69) is 15.3 Å². The molecule has 3 rings (SSSR count). The lowest BCUT2D eigenvalue weighted by molar-refractivity contribution is -0.129. The summed E-state index contributed by atoms with van der Waals surface area (Å²) in [5.74, 6) is -0.362. The van der Waals surface area contributed by atoms with Gasteiger partial charge in [-0.15, -0.1) is 0 Å². The maximum atomic E-state index is 12.4. The predicted molar refractivity (Wildman–Crippen MR) is 63.9 cm³/mol. The number of carbonyl (C=O) groups is 2. The van der Waals surface area contributed by atoms with E-state index in [1.807, 2.05) is 0 Å². The predicted octanol–water partition coefficient (Wildman–Crippen LogP) is -0.928. The van der Waals surface area contributed by atoms with E-state index in [9.17, 15) is 14.7 Å². The molecule has 0 aromatic carbocycles. The zero-order valence-corrected chi connectivity index (χ0v) is 10.2. The first-order valence-corrected chi connectivity index (χ1v) is 6.24. The van der Waals surface area contributed by atoms with Crippen molar-refractivity contribution in [1.29, 1.82) is 0 Å². The van der Waals surface area contributed by atoms with Crippen molar-refractivity contribution in [2.24, 2.45) is 0 Å². The van der Waals surface area contributed by atoms with Crippen molar-refractivity contribution in [3.8, 4) is 0 Å². The highest BCUT2D eigenvalue weighted by Gasteiger charge is 2.37. The Morgan fingerprint density at radius 2 is 2.21 bits per heavy atom. The van der Waals surface area contributed by atoms with Crippen LogP contribution >= 0.6 is 0 Å². The lowest BCUT2D eigenvalue weighted by Gasteiger charge is -2.39. The van der Waals surface area contributed by atoms with Gasteiger partial charge < -0.3 is 15.3 Å². The van der Waals surface area contributed by atoms with Gasteiger partial charge in [-0.2, -0.15) is 0 Å². The van der Waals surface area contributed by atoms with E-state index in [1.54, 1.807) is 4.90 Å². The number of hydrogen-bond acceptors (Lipinski definition) is 5. The topological polar surface area (TPSA) is 95.4 Å². The Balaban J connectivity index is 1.84. The summed E-state index contributed by atoms with van der Waals surface area (Å²) in [5, 5.41) is 12.4. The molecule has 0 saturated carbocycles. The molecule has 2 amide bonds. The number of nitrogens with zero attached hydrogens (tertiary/aromatic N) is 3. The monoisotopic (exact) mass is 262 g/mol. The van der Waals surface area contributed by atoms with E-state index in [-0.39, 0.29) is 17.9 Å². The Hall–Kier alpha value is -2.02. The number of aliphatic hydroxyl groups is 1. The normalized spacial score (nSPS) is 26.9. The molecule has 19 heavy (non-hydrogen) atoms. The standard InChI is InChI=1S/C12H14N4O3/c17-10-2-1-9(11(18)15-10)16-4-3-8-7(12(16)19)5-13-6-14-8/h5-6,9,11,18H,1-4H2,(H,15,17). The SMILES string of the molecule is O=C1CCC(N2CCc3ncncc3C2=O)C(O)N1. The van der Waals surface area contributed by atoms with Crippen LogP contribution in [0.25, 0.3) is 0 Å². The van der Waals surface area contributed by atoms with E-state index in [0.29, 0.717) is 31.4 Å². The van der Waals surface area contributed by atoms with E-state index >= 15 is 0 Å². The summed E-state index contributed by atoms with van der Waals surface area (Å²) in [6.07, 6.45) is 3.37. The van der Waals surface area contributed by atoms with Gasteiger partial charge in [-0.05, 0) is 6.42 Å². The van der Waals surface area contributed by atoms with Crippen LogP contribution in [0.1, 0.15) is 28.9 Å². The van der Waals surface area contributed by atoms with Crippen LogP contribution in [0.3, 0.4) is 0 Å². The molecule has 1 aromatic heterocycles. The van der Waals surface area contributed by atoms with Gasteiger partial charge in [0.2, 0.25) is 5.91 Å². The fourth-order valence-electron chi connectivity index (χ4n) is 2.63. The fraction of sp³-hybridized carbons (Fsp3) is 0.500. The quantitative estimate of drug-likeness (QED) is 0.682. The minimum absolute atomic E-state index is 0.179. The van der Waals surface area contributed by atoms with Crippen LogP contribution < -0.4 is 5.32 Å². The van der Waals surface area contributed by atoms with Gasteiger partial charge in [-0.3, -0.25) is 9.59 Å². The smallest absolute Gasteiger partial charge is 0.257 e. The van der Waals surface area contributed by atoms with E-state index < -0.39 is 6.23 Å². The minimum Gasteiger partial charge on any atom is -0.372 e. The summed E-state index contributed by atoms with van der Waals surface area (Å²) in [5.41, 5.74) is 1.23. The molecule has 1 saturated heterocycles. The Bertz CT molecular complexity index is 533. The average Bonchev–Trinajstić information content (AvgIpc) is 2.41. The molecule has 7 nitrogen and oxygen atoms in total. The van der Waals surface area contributed by atoms with Crippen molar-refractivity contribution in [3.05, 3.63) is 23.8 Å². The van der Waals surface area contributed by atoms with Gasteiger partial charge in [-0.1, -0.05) is 0 Å². The molecule has 2 atom stereocenters. The van der Waals surface area contributed by atoms with Crippen molar-refractivity contribution in [3.63, 3.8) is 0 Å². The summed E-state index contributed by atoms with van der Waals surface area (Å²) in [6, 6.07) is -0.376. The number of rotatable bonds is 1. The van der Waals surface area contributed by atoms with Crippen molar-refractivity contribution < 1.29 is 14.7 Å². The Morgan fingerprint density at radius 1 is 1.37 bits per heavy atom. The van der Waals surface area contributed by atoms with Gasteiger partial charge >= 0.3 is 0 Å². The molecule has 2 aliphatic rings. The molecule has 100 valence electrons. The van der Waals surface area contributed by atoms with Crippen molar-refractivity contribution in [2.75, 3.05) is 6.54 Å². The Kier molecular flexibility index (Phi) is 2.90. The molecule has 1 aromatic rings. The Morgan fingerprint density at radius 3 is 3.00 bits per heavy atom. The molecule has 2 unspecified atom stereocenters. The van der Waals surface area contributed by atoms with Gasteiger partial charge in [-0.25, -0.2) is 9.97 Å². The third-order valence-electron chi connectivity index (χ3n) is 3.62. The van der Waals surface area contributed by atoms with Crippen LogP contribution in [0.15, 0.2) is 12.5 Å². The number of aromatic nitrogens is 2. The summed E-state index contributed by atoms with van der Waals surface area (Å²) in [4.78, 5) is 33.1. The second-order valence-electron chi connectivity index (χ2n) is 4.75. The first-order valence-electron chi connectivity index (χ1n) is 6.24. The van der Waals surface area contributed by atoms with E-state index in [1.165, 1.54) is 12.5 Å². The van der Waals surface area contributed by atoms with Crippen LogP contribution in [0.4, 0.5) is 0 Å². The highest BCUT2D eigenvalue weighted by atomic mass is 16.3. The zero-order valence-electron chi connectivity index (χ0n) is 10.2. The molecule has 0 spiro atoms.